The van der Waals surface area contributed by atoms with E-state index >= 15 is 0 Å². The highest BCUT2D eigenvalue weighted by Gasteiger charge is 2.19. The van der Waals surface area contributed by atoms with E-state index in [0.29, 0.717) is 5.92 Å². The highest BCUT2D eigenvalue weighted by atomic mass is 16.4. The maximum Gasteiger partial charge on any atom is 0.377 e. The number of rotatable bonds is 3. The quantitative estimate of drug-likeness (QED) is 0.669. The first-order chi connectivity index (χ1) is 9.08. The van der Waals surface area contributed by atoms with Crippen molar-refractivity contribution in [3.8, 4) is 0 Å². The molecule has 0 spiro atoms. The highest BCUT2D eigenvalue weighted by Crippen LogP contribution is 2.28. The summed E-state index contributed by atoms with van der Waals surface area (Å²) < 4.78 is 0. The summed E-state index contributed by atoms with van der Waals surface area (Å²) in [7, 11) is 2.12. The number of Topliss-reactive ketones (excluding diaryl/α,β-unsaturated/α-hetero) is 1. The Morgan fingerprint density at radius 2 is 2.05 bits per heavy atom. The number of carbonyl (C=O) groups excluding carboxylic acids is 1. The first kappa shape index (κ1) is 13.7. The number of ketones is 1. The molecule has 1 saturated heterocycles. The van der Waals surface area contributed by atoms with Gasteiger partial charge in [-0.05, 0) is 56.9 Å². The van der Waals surface area contributed by atoms with E-state index in [2.05, 4.69) is 11.9 Å². The van der Waals surface area contributed by atoms with Crippen LogP contribution in [0.4, 0.5) is 0 Å². The van der Waals surface area contributed by atoms with Gasteiger partial charge in [0.2, 0.25) is 0 Å². The molecule has 1 aromatic carbocycles. The molecule has 0 saturated carbocycles. The minimum atomic E-state index is -1.39. The summed E-state index contributed by atoms with van der Waals surface area (Å²) >= 11 is 0. The van der Waals surface area contributed by atoms with Gasteiger partial charge < -0.3 is 10.0 Å². The van der Waals surface area contributed by atoms with Crippen LogP contribution in [-0.2, 0) is 4.79 Å². The monoisotopic (exact) mass is 261 g/mol. The lowest BCUT2D eigenvalue weighted by Crippen LogP contribution is -2.18. The molecule has 4 heteroatoms. The summed E-state index contributed by atoms with van der Waals surface area (Å²) in [5.41, 5.74) is 1.37. The molecule has 1 N–H and O–H groups in total. The van der Waals surface area contributed by atoms with Crippen LogP contribution in [0.2, 0.25) is 0 Å². The standard InChI is InChI=1S/C15H19NO3/c1-16-8-3-6-11(7-9-16)12-4-2-5-13(10-12)14(17)15(18)19/h2,4-5,10-11H,3,6-9H2,1H3,(H,18,19). The fourth-order valence-corrected chi connectivity index (χ4v) is 2.63. The topological polar surface area (TPSA) is 57.6 Å². The highest BCUT2D eigenvalue weighted by molar-refractivity contribution is 6.39. The zero-order chi connectivity index (χ0) is 13.8. The van der Waals surface area contributed by atoms with Crippen LogP contribution >= 0.6 is 0 Å². The van der Waals surface area contributed by atoms with Crippen LogP contribution in [0.3, 0.4) is 0 Å². The molecule has 0 aliphatic carbocycles. The van der Waals surface area contributed by atoms with E-state index in [1.54, 1.807) is 18.2 Å². The summed E-state index contributed by atoms with van der Waals surface area (Å²) in [6.45, 7) is 2.14. The van der Waals surface area contributed by atoms with Crippen LogP contribution in [-0.4, -0.2) is 41.9 Å². The Balaban J connectivity index is 2.18. The van der Waals surface area contributed by atoms with E-state index in [1.165, 1.54) is 0 Å². The molecule has 0 bridgehead atoms. The lowest BCUT2D eigenvalue weighted by Gasteiger charge is -2.15. The second-order valence-corrected chi connectivity index (χ2v) is 5.19. The Labute approximate surface area is 113 Å². The van der Waals surface area contributed by atoms with Gasteiger partial charge in [0.25, 0.3) is 5.78 Å². The molecular weight excluding hydrogens is 242 g/mol. The Kier molecular flexibility index (Phi) is 4.32. The molecule has 0 aromatic heterocycles. The zero-order valence-corrected chi connectivity index (χ0v) is 11.1. The Hall–Kier alpha value is -1.68. The minimum absolute atomic E-state index is 0.280. The van der Waals surface area contributed by atoms with Crippen molar-refractivity contribution in [3.05, 3.63) is 35.4 Å². The number of carbonyl (C=O) groups is 2. The summed E-state index contributed by atoms with van der Waals surface area (Å²) in [5, 5.41) is 8.76. The van der Waals surface area contributed by atoms with E-state index in [0.717, 1.165) is 37.9 Å². The van der Waals surface area contributed by atoms with Gasteiger partial charge in [-0.3, -0.25) is 4.79 Å². The van der Waals surface area contributed by atoms with Crippen molar-refractivity contribution in [2.45, 2.75) is 25.2 Å². The smallest absolute Gasteiger partial charge is 0.377 e. The van der Waals surface area contributed by atoms with E-state index in [1.807, 2.05) is 6.07 Å². The van der Waals surface area contributed by atoms with Crippen molar-refractivity contribution in [3.63, 3.8) is 0 Å². The Bertz CT molecular complexity index is 484. The number of aliphatic carboxylic acids is 1. The first-order valence-corrected chi connectivity index (χ1v) is 6.64. The molecular formula is C15H19NO3. The summed E-state index contributed by atoms with van der Waals surface area (Å²) in [5.74, 6) is -1.79. The minimum Gasteiger partial charge on any atom is -0.475 e. The molecule has 4 nitrogen and oxygen atoms in total. The number of nitrogens with zero attached hydrogens (tertiary/aromatic N) is 1. The number of carboxylic acid groups (broad SMARTS) is 1. The van der Waals surface area contributed by atoms with Crippen LogP contribution in [0.5, 0.6) is 0 Å². The van der Waals surface area contributed by atoms with Crippen molar-refractivity contribution < 1.29 is 14.7 Å². The third-order valence-corrected chi connectivity index (χ3v) is 3.77. The fourth-order valence-electron chi connectivity index (χ4n) is 2.63. The van der Waals surface area contributed by atoms with E-state index in [-0.39, 0.29) is 5.56 Å². The number of carboxylic acids is 1. The van der Waals surface area contributed by atoms with Gasteiger partial charge in [0, 0.05) is 5.56 Å². The predicted octanol–water partition coefficient (Wildman–Crippen LogP) is 2.15. The summed E-state index contributed by atoms with van der Waals surface area (Å²) in [6.07, 6.45) is 3.29. The third-order valence-electron chi connectivity index (χ3n) is 3.77. The predicted molar refractivity (Wildman–Crippen MR) is 72.5 cm³/mol. The number of likely N-dealkylation sites (tertiary alicyclic amines) is 1. The van der Waals surface area contributed by atoms with E-state index < -0.39 is 11.8 Å². The molecule has 1 heterocycles. The number of benzene rings is 1. The van der Waals surface area contributed by atoms with Gasteiger partial charge in [0.1, 0.15) is 0 Å². The zero-order valence-electron chi connectivity index (χ0n) is 11.1. The van der Waals surface area contributed by atoms with Crippen molar-refractivity contribution in [1.82, 2.24) is 4.90 Å². The normalized spacial score (nSPS) is 20.8. The lowest BCUT2D eigenvalue weighted by molar-refractivity contribution is -0.131. The first-order valence-electron chi connectivity index (χ1n) is 6.64. The van der Waals surface area contributed by atoms with Crippen LogP contribution < -0.4 is 0 Å². The van der Waals surface area contributed by atoms with Crippen LogP contribution in [0, 0.1) is 0 Å². The van der Waals surface area contributed by atoms with Gasteiger partial charge in [-0.1, -0.05) is 18.2 Å². The summed E-state index contributed by atoms with van der Waals surface area (Å²) in [6, 6.07) is 7.09. The molecule has 0 radical (unpaired) electrons. The second-order valence-electron chi connectivity index (χ2n) is 5.19. The molecule has 2 rings (SSSR count). The van der Waals surface area contributed by atoms with Crippen LogP contribution in [0.1, 0.15) is 41.1 Å². The van der Waals surface area contributed by atoms with Crippen molar-refractivity contribution in [1.29, 1.82) is 0 Å². The van der Waals surface area contributed by atoms with Gasteiger partial charge in [-0.25, -0.2) is 4.79 Å². The van der Waals surface area contributed by atoms with Crippen molar-refractivity contribution in [2.75, 3.05) is 20.1 Å². The van der Waals surface area contributed by atoms with Gasteiger partial charge in [-0.2, -0.15) is 0 Å². The van der Waals surface area contributed by atoms with Gasteiger partial charge >= 0.3 is 5.97 Å². The van der Waals surface area contributed by atoms with Gasteiger partial charge in [0.15, 0.2) is 0 Å². The molecule has 1 aromatic rings. The van der Waals surface area contributed by atoms with Crippen molar-refractivity contribution in [2.24, 2.45) is 0 Å². The van der Waals surface area contributed by atoms with Crippen LogP contribution in [0.15, 0.2) is 24.3 Å². The summed E-state index contributed by atoms with van der Waals surface area (Å²) in [4.78, 5) is 24.5. The molecule has 19 heavy (non-hydrogen) atoms. The SMILES string of the molecule is CN1CCCC(c2cccc(C(=O)C(=O)O)c2)CC1. The average molecular weight is 261 g/mol. The van der Waals surface area contributed by atoms with E-state index in [9.17, 15) is 9.59 Å². The maximum atomic E-state index is 11.5. The molecule has 1 unspecified atom stereocenters. The van der Waals surface area contributed by atoms with Crippen molar-refractivity contribution >= 4 is 11.8 Å². The molecule has 0 amide bonds. The lowest BCUT2D eigenvalue weighted by atomic mass is 9.90. The second kappa shape index (κ2) is 5.97. The van der Waals surface area contributed by atoms with E-state index in [4.69, 9.17) is 5.11 Å². The van der Waals surface area contributed by atoms with Gasteiger partial charge in [0.05, 0.1) is 0 Å². The molecule has 1 fully saturated rings. The van der Waals surface area contributed by atoms with Crippen LogP contribution in [0.25, 0.3) is 0 Å². The molecule has 102 valence electrons. The fraction of sp³-hybridized carbons (Fsp3) is 0.467. The van der Waals surface area contributed by atoms with Gasteiger partial charge in [-0.15, -0.1) is 0 Å². The number of hydrogen-bond acceptors (Lipinski definition) is 3. The maximum absolute atomic E-state index is 11.5. The molecule has 1 aliphatic heterocycles. The molecule has 1 atom stereocenters. The largest absolute Gasteiger partial charge is 0.475 e. The Morgan fingerprint density at radius 3 is 2.79 bits per heavy atom. The Morgan fingerprint density at radius 1 is 1.26 bits per heavy atom. The third kappa shape index (κ3) is 3.41. The number of hydrogen-bond donors (Lipinski definition) is 1. The molecule has 1 aliphatic rings. The average Bonchev–Trinajstić information content (AvgIpc) is 2.63.